The summed E-state index contributed by atoms with van der Waals surface area (Å²) in [7, 11) is -4.05. The molecule has 2 aromatic carbocycles. The van der Waals surface area contributed by atoms with Gasteiger partial charge in [0.1, 0.15) is 17.3 Å². The molecule has 7 nitrogen and oxygen atoms in total. The zero-order chi connectivity index (χ0) is 25.2. The molecule has 1 unspecified atom stereocenters. The number of sulfonamides is 1. The summed E-state index contributed by atoms with van der Waals surface area (Å²) in [5.41, 5.74) is 1.50. The van der Waals surface area contributed by atoms with E-state index in [4.69, 9.17) is 4.52 Å². The Labute approximate surface area is 202 Å². The van der Waals surface area contributed by atoms with Crippen molar-refractivity contribution in [2.24, 2.45) is 5.92 Å². The number of carbonyl (C=O) groups is 1. The van der Waals surface area contributed by atoms with Crippen molar-refractivity contribution < 1.29 is 26.5 Å². The predicted octanol–water partition coefficient (Wildman–Crippen LogP) is 4.78. The maximum atomic E-state index is 14.0. The molecule has 1 amide bonds. The molecule has 1 atom stereocenters. The van der Waals surface area contributed by atoms with Crippen LogP contribution < -0.4 is 5.32 Å². The number of nitrogens with zero attached hydrogens (tertiary/aromatic N) is 2. The second-order valence-electron chi connectivity index (χ2n) is 8.47. The first-order valence-corrected chi connectivity index (χ1v) is 12.6. The van der Waals surface area contributed by atoms with Gasteiger partial charge >= 0.3 is 0 Å². The van der Waals surface area contributed by atoms with E-state index in [0.717, 1.165) is 0 Å². The van der Waals surface area contributed by atoms with Crippen LogP contribution in [0.3, 0.4) is 0 Å². The maximum absolute atomic E-state index is 14.0. The Balaban J connectivity index is 1.54. The van der Waals surface area contributed by atoms with Gasteiger partial charge in [0.25, 0.3) is 0 Å². The van der Waals surface area contributed by atoms with Crippen LogP contribution in [0.25, 0.3) is 12.2 Å². The van der Waals surface area contributed by atoms with Crippen LogP contribution in [0.2, 0.25) is 0 Å². The van der Waals surface area contributed by atoms with Gasteiger partial charge in [-0.15, -0.1) is 0 Å². The summed E-state index contributed by atoms with van der Waals surface area (Å²) in [5.74, 6) is -1.79. The molecule has 0 radical (unpaired) electrons. The van der Waals surface area contributed by atoms with Gasteiger partial charge in [-0.05, 0) is 68.7 Å². The monoisotopic (exact) mass is 501 g/mol. The molecule has 1 N–H and O–H groups in total. The number of anilines is 1. The highest BCUT2D eigenvalue weighted by molar-refractivity contribution is 7.89. The number of aromatic nitrogens is 1. The predicted molar refractivity (Wildman–Crippen MR) is 128 cm³/mol. The number of hydrogen-bond donors (Lipinski definition) is 1. The first-order valence-electron chi connectivity index (χ1n) is 11.1. The van der Waals surface area contributed by atoms with Crippen molar-refractivity contribution in [1.82, 2.24) is 9.46 Å². The second-order valence-corrected chi connectivity index (χ2v) is 10.3. The molecule has 3 aromatic rings. The van der Waals surface area contributed by atoms with Crippen LogP contribution in [0.5, 0.6) is 0 Å². The third kappa shape index (κ3) is 5.33. The molecule has 0 aliphatic carbocycles. The van der Waals surface area contributed by atoms with E-state index in [1.165, 1.54) is 47.6 Å². The van der Waals surface area contributed by atoms with Gasteiger partial charge in [0.2, 0.25) is 15.9 Å². The topological polar surface area (TPSA) is 92.5 Å². The van der Waals surface area contributed by atoms with Crippen LogP contribution >= 0.6 is 0 Å². The van der Waals surface area contributed by atoms with Crippen molar-refractivity contribution in [3.63, 3.8) is 0 Å². The van der Waals surface area contributed by atoms with Crippen molar-refractivity contribution in [3.05, 3.63) is 76.7 Å². The summed E-state index contributed by atoms with van der Waals surface area (Å²) in [4.78, 5) is 12.8. The Kier molecular flexibility index (Phi) is 7.13. The molecule has 1 aliphatic rings. The second kappa shape index (κ2) is 10.1. The zero-order valence-electron chi connectivity index (χ0n) is 19.3. The Morgan fingerprint density at radius 2 is 1.94 bits per heavy atom. The van der Waals surface area contributed by atoms with Crippen molar-refractivity contribution in [1.29, 1.82) is 0 Å². The number of carbonyl (C=O) groups excluding carboxylic acids is 1. The molecule has 1 fully saturated rings. The van der Waals surface area contributed by atoms with Gasteiger partial charge < -0.3 is 9.84 Å². The number of aryl methyl sites for hydroxylation is 2. The molecular weight excluding hydrogens is 476 g/mol. The molecule has 1 aliphatic heterocycles. The number of rotatable bonds is 6. The van der Waals surface area contributed by atoms with Crippen molar-refractivity contribution in [2.45, 2.75) is 31.6 Å². The number of piperidine rings is 1. The first-order chi connectivity index (χ1) is 16.7. The quantitative estimate of drug-likeness (QED) is 0.525. The summed E-state index contributed by atoms with van der Waals surface area (Å²) in [6.07, 6.45) is 3.80. The van der Waals surface area contributed by atoms with E-state index < -0.39 is 27.6 Å². The molecule has 2 heterocycles. The number of hydrogen-bond acceptors (Lipinski definition) is 5. The molecule has 4 rings (SSSR count). The van der Waals surface area contributed by atoms with Crippen LogP contribution in [-0.2, 0) is 14.8 Å². The summed E-state index contributed by atoms with van der Waals surface area (Å²) in [5, 5.41) is 6.58. The van der Waals surface area contributed by atoms with Crippen LogP contribution in [-0.4, -0.2) is 36.9 Å². The van der Waals surface area contributed by atoms with E-state index in [1.807, 2.05) is 0 Å². The van der Waals surface area contributed by atoms with Gasteiger partial charge in [0, 0.05) is 24.3 Å². The van der Waals surface area contributed by atoms with Gasteiger partial charge in [-0.3, -0.25) is 4.79 Å². The third-order valence-electron chi connectivity index (χ3n) is 5.95. The van der Waals surface area contributed by atoms with Crippen LogP contribution in [0, 0.1) is 31.4 Å². The minimum atomic E-state index is -4.05. The lowest BCUT2D eigenvalue weighted by atomic mass is 9.98. The minimum absolute atomic E-state index is 0.0146. The lowest BCUT2D eigenvalue weighted by Crippen LogP contribution is -2.44. The largest absolute Gasteiger partial charge is 0.355 e. The van der Waals surface area contributed by atoms with Gasteiger partial charge in [-0.25, -0.2) is 17.2 Å². The van der Waals surface area contributed by atoms with Crippen molar-refractivity contribution in [3.8, 4) is 0 Å². The van der Waals surface area contributed by atoms with E-state index in [9.17, 15) is 22.0 Å². The smallest absolute Gasteiger partial charge is 0.248 e. The van der Waals surface area contributed by atoms with Crippen LogP contribution in [0.1, 0.15) is 35.4 Å². The average Bonchev–Trinajstić information content (AvgIpc) is 3.21. The summed E-state index contributed by atoms with van der Waals surface area (Å²) < 4.78 is 60.9. The highest BCUT2D eigenvalue weighted by atomic mass is 32.2. The Morgan fingerprint density at radius 3 is 2.69 bits per heavy atom. The number of benzene rings is 2. The minimum Gasteiger partial charge on any atom is -0.355 e. The Hall–Kier alpha value is -3.37. The van der Waals surface area contributed by atoms with Gasteiger partial charge in [-0.2, -0.15) is 4.31 Å². The third-order valence-corrected chi connectivity index (χ3v) is 7.98. The van der Waals surface area contributed by atoms with E-state index in [1.54, 1.807) is 25.1 Å². The Bertz CT molecular complexity index is 1390. The van der Waals surface area contributed by atoms with Gasteiger partial charge in [0.05, 0.1) is 5.92 Å². The maximum Gasteiger partial charge on any atom is 0.248 e. The van der Waals surface area contributed by atoms with Crippen LogP contribution in [0.15, 0.2) is 51.9 Å². The summed E-state index contributed by atoms with van der Waals surface area (Å²) >= 11 is 0. The molecule has 10 heteroatoms. The normalized spacial score (nSPS) is 17.1. The number of halogens is 2. The van der Waals surface area contributed by atoms with E-state index in [2.05, 4.69) is 10.5 Å². The fourth-order valence-corrected chi connectivity index (χ4v) is 5.85. The lowest BCUT2D eigenvalue weighted by molar-refractivity contribution is -0.120. The summed E-state index contributed by atoms with van der Waals surface area (Å²) in [6.45, 7) is 3.42. The molecule has 35 heavy (non-hydrogen) atoms. The van der Waals surface area contributed by atoms with Crippen molar-refractivity contribution >= 4 is 33.8 Å². The van der Waals surface area contributed by atoms with Gasteiger partial charge in [0.15, 0.2) is 10.7 Å². The van der Waals surface area contributed by atoms with Crippen molar-refractivity contribution in [2.75, 3.05) is 18.4 Å². The molecule has 184 valence electrons. The average molecular weight is 502 g/mol. The number of nitrogens with one attached hydrogen (secondary N) is 1. The zero-order valence-corrected chi connectivity index (χ0v) is 20.1. The lowest BCUT2D eigenvalue weighted by Gasteiger charge is -2.31. The Morgan fingerprint density at radius 1 is 1.17 bits per heavy atom. The van der Waals surface area contributed by atoms with E-state index in [-0.39, 0.29) is 40.9 Å². The molecule has 0 spiro atoms. The first kappa shape index (κ1) is 24.7. The fourth-order valence-electron chi connectivity index (χ4n) is 4.08. The molecular formula is C25H25F2N3O4S. The highest BCUT2D eigenvalue weighted by Crippen LogP contribution is 2.30. The molecule has 1 aromatic heterocycles. The van der Waals surface area contributed by atoms with Crippen LogP contribution in [0.4, 0.5) is 14.5 Å². The van der Waals surface area contributed by atoms with E-state index in [0.29, 0.717) is 24.1 Å². The fraction of sp³-hybridized carbons (Fsp3) is 0.280. The highest BCUT2D eigenvalue weighted by Gasteiger charge is 2.37. The molecule has 1 saturated heterocycles. The summed E-state index contributed by atoms with van der Waals surface area (Å²) in [6, 6.07) is 10.1. The molecule has 0 saturated carbocycles. The van der Waals surface area contributed by atoms with Gasteiger partial charge in [-0.1, -0.05) is 23.4 Å². The SMILES string of the molecule is Cc1cc(F)ccc1NC(=O)C1CCCN(S(=O)(=O)c2c(C)noc2/C=C/c2ccccc2F)C1. The number of amides is 1. The van der Waals surface area contributed by atoms with E-state index >= 15 is 0 Å². The molecule has 0 bridgehead atoms. The standard InChI is InChI=1S/C25H25F2N3O4S/c1-16-14-20(26)10-11-22(16)28-25(31)19-7-5-13-30(15-19)35(32,33)24-17(2)29-34-23(24)12-9-18-6-3-4-8-21(18)27/h3-4,6,8-12,14,19H,5,7,13,15H2,1-2H3,(H,28,31)/b12-9+.